The molecule has 7 atom stereocenters. The number of aryl methyl sites for hydroxylation is 1. The molecule has 0 aromatic heterocycles. The molecule has 10 nitrogen and oxygen atoms in total. The molecule has 5 rings (SSSR count). The number of likely N-dealkylation sites (N-methyl/N-ethyl adjacent to an activating group) is 1. The van der Waals surface area contributed by atoms with Crippen molar-refractivity contribution in [3.8, 4) is 0 Å². The van der Waals surface area contributed by atoms with Crippen molar-refractivity contribution >= 4 is 41.0 Å². The molecule has 2 aromatic carbocycles. The van der Waals surface area contributed by atoms with Crippen LogP contribution in [0, 0.1) is 18.8 Å². The van der Waals surface area contributed by atoms with Gasteiger partial charge in [-0.15, -0.1) is 13.2 Å². The van der Waals surface area contributed by atoms with E-state index in [1.807, 2.05) is 56.3 Å². The van der Waals surface area contributed by atoms with Crippen molar-refractivity contribution in [1.29, 1.82) is 0 Å². The molecular weight excluding hydrogens is 682 g/mol. The van der Waals surface area contributed by atoms with Crippen LogP contribution in [-0.2, 0) is 28.7 Å². The van der Waals surface area contributed by atoms with Gasteiger partial charge in [-0.25, -0.2) is 0 Å². The third-order valence-corrected chi connectivity index (χ3v) is 11.3. The summed E-state index contributed by atoms with van der Waals surface area (Å²) in [6, 6.07) is 13.2. The van der Waals surface area contributed by atoms with Gasteiger partial charge in [-0.05, 0) is 63.1 Å². The molecule has 1 spiro atoms. The van der Waals surface area contributed by atoms with Crippen LogP contribution in [0.25, 0.3) is 0 Å². The molecule has 0 aliphatic carbocycles. The van der Waals surface area contributed by atoms with Crippen LogP contribution in [0.5, 0.6) is 0 Å². The van der Waals surface area contributed by atoms with Crippen molar-refractivity contribution in [2.45, 2.75) is 95.1 Å². The minimum absolute atomic E-state index is 0.0863. The topological polar surface area (TPSA) is 117 Å². The molecule has 2 bridgehead atoms. The number of esters is 1. The quantitative estimate of drug-likeness (QED) is 0.110. The van der Waals surface area contributed by atoms with Gasteiger partial charge >= 0.3 is 5.97 Å². The summed E-state index contributed by atoms with van der Waals surface area (Å²) < 4.78 is 13.1. The molecule has 0 saturated carbocycles. The summed E-state index contributed by atoms with van der Waals surface area (Å²) in [6.07, 6.45) is 6.41. The number of ether oxygens (including phenoxy) is 2. The van der Waals surface area contributed by atoms with Crippen molar-refractivity contribution < 1.29 is 33.8 Å². The van der Waals surface area contributed by atoms with E-state index in [0.29, 0.717) is 49.4 Å². The van der Waals surface area contributed by atoms with Gasteiger partial charge in [0.25, 0.3) is 5.91 Å². The lowest BCUT2D eigenvalue weighted by Gasteiger charge is -2.37. The van der Waals surface area contributed by atoms with E-state index in [2.05, 4.69) is 13.2 Å². The van der Waals surface area contributed by atoms with Crippen molar-refractivity contribution in [1.82, 2.24) is 9.80 Å². The number of benzene rings is 2. The van der Waals surface area contributed by atoms with Gasteiger partial charge in [0.1, 0.15) is 17.7 Å². The number of anilines is 1. The van der Waals surface area contributed by atoms with E-state index < -0.39 is 47.7 Å². The zero-order valence-electron chi connectivity index (χ0n) is 30.5. The maximum Gasteiger partial charge on any atom is 0.313 e. The van der Waals surface area contributed by atoms with E-state index in [9.17, 15) is 24.3 Å². The second-order valence-corrected chi connectivity index (χ2v) is 14.6. The molecule has 52 heavy (non-hydrogen) atoms. The van der Waals surface area contributed by atoms with Crippen LogP contribution < -0.4 is 4.90 Å². The standard InChI is InChI=1S/C41H52ClN3O7/c1-6-8-21-32(47)43(5)28(4)36(29-18-12-11-13-19-29)51-40(50)33-31-22-23-41(52-31)34(33)38(48)45(25-14-9-10-15-26-46)37(41)39(49)44(24-7-2)35-27(3)17-16-20-30(35)42/h6-7,11-13,16-20,28,31,33-34,36-37,46H,1-2,8-10,14-15,21-26H2,3-5H3/t28-,31-,33+,34+,36+,37-,41+/m0/s1. The van der Waals surface area contributed by atoms with Gasteiger partial charge in [-0.2, -0.15) is 0 Å². The van der Waals surface area contributed by atoms with Gasteiger partial charge in [-0.3, -0.25) is 19.2 Å². The number of para-hydroxylation sites is 1. The second-order valence-electron chi connectivity index (χ2n) is 14.2. The van der Waals surface area contributed by atoms with Crippen LogP contribution in [-0.4, -0.2) is 89.1 Å². The summed E-state index contributed by atoms with van der Waals surface area (Å²) >= 11 is 6.70. The Bertz CT molecular complexity index is 1610. The molecule has 3 fully saturated rings. The normalized spacial score (nSPS) is 24.2. The summed E-state index contributed by atoms with van der Waals surface area (Å²) in [5.41, 5.74) is 0.812. The number of carbonyl (C=O) groups is 4. The number of unbranched alkanes of at least 4 members (excludes halogenated alkanes) is 3. The van der Waals surface area contributed by atoms with E-state index in [1.165, 1.54) is 0 Å². The number of allylic oxidation sites excluding steroid dienone is 1. The Labute approximate surface area is 312 Å². The molecule has 3 aliphatic rings. The Morgan fingerprint density at radius 1 is 1.10 bits per heavy atom. The highest BCUT2D eigenvalue weighted by atomic mass is 35.5. The van der Waals surface area contributed by atoms with Crippen LogP contribution in [0.4, 0.5) is 5.69 Å². The van der Waals surface area contributed by atoms with Crippen molar-refractivity contribution in [2.75, 3.05) is 31.6 Å². The Hall–Kier alpha value is -3.99. The number of hydrogen-bond acceptors (Lipinski definition) is 7. The lowest BCUT2D eigenvalue weighted by atomic mass is 9.70. The van der Waals surface area contributed by atoms with Gasteiger partial charge in [-0.1, -0.05) is 79.1 Å². The highest BCUT2D eigenvalue weighted by Crippen LogP contribution is 2.59. The third kappa shape index (κ3) is 7.56. The zero-order chi connectivity index (χ0) is 37.6. The summed E-state index contributed by atoms with van der Waals surface area (Å²) in [5, 5.41) is 9.70. The van der Waals surface area contributed by atoms with Crippen LogP contribution in [0.3, 0.4) is 0 Å². The average molecular weight is 734 g/mol. The molecule has 3 amide bonds. The number of fused-ring (bicyclic) bond motifs is 1. The maximum atomic E-state index is 15.0. The van der Waals surface area contributed by atoms with E-state index in [-0.39, 0.29) is 37.3 Å². The fraction of sp³-hybridized carbons (Fsp3) is 0.512. The largest absolute Gasteiger partial charge is 0.455 e. The third-order valence-electron chi connectivity index (χ3n) is 11.0. The Morgan fingerprint density at radius 2 is 1.83 bits per heavy atom. The molecule has 11 heteroatoms. The summed E-state index contributed by atoms with van der Waals surface area (Å²) in [7, 11) is 1.69. The van der Waals surface area contributed by atoms with Crippen LogP contribution in [0.1, 0.15) is 75.5 Å². The number of amides is 3. The predicted octanol–water partition coefficient (Wildman–Crippen LogP) is 6.19. The number of rotatable bonds is 18. The Kier molecular flexibility index (Phi) is 13.0. The minimum atomic E-state index is -1.24. The van der Waals surface area contributed by atoms with Gasteiger partial charge in [0.05, 0.1) is 34.7 Å². The second kappa shape index (κ2) is 17.2. The number of likely N-dealkylation sites (tertiary alicyclic amines) is 1. The first kappa shape index (κ1) is 39.2. The molecule has 280 valence electrons. The van der Waals surface area contributed by atoms with E-state index in [1.54, 1.807) is 40.0 Å². The van der Waals surface area contributed by atoms with E-state index in [0.717, 1.165) is 24.0 Å². The molecule has 0 unspecified atom stereocenters. The summed E-state index contributed by atoms with van der Waals surface area (Å²) in [5.74, 6) is -3.20. The molecule has 0 radical (unpaired) electrons. The number of halogens is 1. The highest BCUT2D eigenvalue weighted by molar-refractivity contribution is 6.34. The highest BCUT2D eigenvalue weighted by Gasteiger charge is 2.75. The maximum absolute atomic E-state index is 15.0. The molecule has 1 N–H and O–H groups in total. The van der Waals surface area contributed by atoms with Crippen molar-refractivity contribution in [3.63, 3.8) is 0 Å². The molecule has 2 aromatic rings. The smallest absolute Gasteiger partial charge is 0.313 e. The first-order chi connectivity index (χ1) is 25.0. The lowest BCUT2D eigenvalue weighted by molar-refractivity contribution is -0.164. The SMILES string of the molecule is C=CCCC(=O)N(C)[C@@H](C)[C@@H](OC(=O)[C@@H]1[C@@H]2CC[C@]3(O2)[C@H](C(=O)N(CC=C)c2c(C)cccc2Cl)N(CCCCCCO)C(=O)[C@@H]13)c1ccccc1. The van der Waals surface area contributed by atoms with Crippen LogP contribution in [0.2, 0.25) is 5.02 Å². The molecule has 3 heterocycles. The number of nitrogens with zero attached hydrogens (tertiary/aromatic N) is 3. The minimum Gasteiger partial charge on any atom is -0.455 e. The fourth-order valence-electron chi connectivity index (χ4n) is 8.34. The number of hydrogen-bond donors (Lipinski definition) is 1. The Morgan fingerprint density at radius 3 is 2.50 bits per heavy atom. The first-order valence-electron chi connectivity index (χ1n) is 18.4. The number of aliphatic hydroxyl groups excluding tert-OH is 1. The van der Waals surface area contributed by atoms with Gasteiger partial charge in [0, 0.05) is 33.2 Å². The van der Waals surface area contributed by atoms with E-state index >= 15 is 0 Å². The average Bonchev–Trinajstić information content (AvgIpc) is 3.79. The monoisotopic (exact) mass is 733 g/mol. The van der Waals surface area contributed by atoms with E-state index in [4.69, 9.17) is 21.1 Å². The number of carbonyl (C=O) groups excluding carboxylic acids is 4. The van der Waals surface area contributed by atoms with Crippen molar-refractivity contribution in [2.24, 2.45) is 11.8 Å². The number of aliphatic hydroxyl groups is 1. The zero-order valence-corrected chi connectivity index (χ0v) is 31.3. The summed E-state index contributed by atoms with van der Waals surface area (Å²) in [4.78, 5) is 62.0. The van der Waals surface area contributed by atoms with Gasteiger partial charge < -0.3 is 29.3 Å². The Balaban J connectivity index is 1.50. The van der Waals surface area contributed by atoms with Crippen LogP contribution in [0.15, 0.2) is 73.8 Å². The van der Waals surface area contributed by atoms with Gasteiger partial charge in [0.15, 0.2) is 0 Å². The molecule has 3 aliphatic heterocycles. The first-order valence-corrected chi connectivity index (χ1v) is 18.8. The predicted molar refractivity (Wildman–Crippen MR) is 201 cm³/mol. The fourth-order valence-corrected chi connectivity index (χ4v) is 8.67. The lowest BCUT2D eigenvalue weighted by Crippen LogP contribution is -2.56. The molecular formula is C41H52ClN3O7. The molecule has 3 saturated heterocycles. The van der Waals surface area contributed by atoms with Crippen molar-refractivity contribution in [3.05, 3.63) is 90.0 Å². The summed E-state index contributed by atoms with van der Waals surface area (Å²) in [6.45, 7) is 11.9. The van der Waals surface area contributed by atoms with Crippen LogP contribution >= 0.6 is 11.6 Å². The van der Waals surface area contributed by atoms with Gasteiger partial charge in [0.2, 0.25) is 11.8 Å².